The molecule has 1 aromatic carbocycles. The molecule has 2 heterocycles. The minimum atomic E-state index is -0.382. The summed E-state index contributed by atoms with van der Waals surface area (Å²) in [7, 11) is 1.98. The van der Waals surface area contributed by atoms with Crippen LogP contribution in [0.3, 0.4) is 0 Å². The predicted molar refractivity (Wildman–Crippen MR) is 102 cm³/mol. The number of hydrogen-bond acceptors (Lipinski definition) is 6. The van der Waals surface area contributed by atoms with Gasteiger partial charge in [0.2, 0.25) is 5.89 Å². The monoisotopic (exact) mass is 379 g/mol. The molecule has 7 heteroatoms. The van der Waals surface area contributed by atoms with Gasteiger partial charge in [-0.25, -0.2) is 4.39 Å². The van der Waals surface area contributed by atoms with Crippen molar-refractivity contribution in [3.8, 4) is 11.3 Å². The van der Waals surface area contributed by atoms with E-state index in [0.29, 0.717) is 29.1 Å². The van der Waals surface area contributed by atoms with Crippen LogP contribution in [-0.4, -0.2) is 27.4 Å². The van der Waals surface area contributed by atoms with Crippen LogP contribution in [0.2, 0.25) is 0 Å². The summed E-state index contributed by atoms with van der Waals surface area (Å²) in [6.07, 6.45) is 1.96. The van der Waals surface area contributed by atoms with Gasteiger partial charge in [0.25, 0.3) is 0 Å². The molecule has 0 aliphatic heterocycles. The molecule has 1 saturated carbocycles. The van der Waals surface area contributed by atoms with E-state index in [1.165, 1.54) is 6.07 Å². The van der Waals surface area contributed by atoms with Crippen molar-refractivity contribution in [2.45, 2.75) is 45.1 Å². The lowest BCUT2D eigenvalue weighted by Gasteiger charge is -2.44. The average molecular weight is 379 g/mol. The van der Waals surface area contributed by atoms with Gasteiger partial charge in [-0.3, -0.25) is 0 Å². The molecule has 2 aliphatic carbocycles. The van der Waals surface area contributed by atoms with E-state index in [1.54, 1.807) is 19.1 Å². The van der Waals surface area contributed by atoms with Crippen LogP contribution in [0.15, 0.2) is 34.7 Å². The molecule has 0 amide bonds. The van der Waals surface area contributed by atoms with Crippen LogP contribution in [0, 0.1) is 18.2 Å². The van der Waals surface area contributed by atoms with Gasteiger partial charge in [-0.2, -0.15) is 10.2 Å². The fourth-order valence-electron chi connectivity index (χ4n) is 5.43. The normalized spacial score (nSPS) is 24.4. The third-order valence-electron chi connectivity index (χ3n) is 6.85. The van der Waals surface area contributed by atoms with Crippen LogP contribution in [0.4, 0.5) is 10.4 Å². The zero-order valence-corrected chi connectivity index (χ0v) is 16.4. The van der Waals surface area contributed by atoms with Crippen LogP contribution in [-0.2, 0) is 5.54 Å². The summed E-state index contributed by atoms with van der Waals surface area (Å²) in [4.78, 5) is 2.07. The Morgan fingerprint density at radius 1 is 1.14 bits per heavy atom. The number of aryl methyl sites for hydroxylation is 1. The van der Waals surface area contributed by atoms with Gasteiger partial charge in [0, 0.05) is 24.9 Å². The summed E-state index contributed by atoms with van der Waals surface area (Å²) < 4.78 is 20.0. The first-order chi connectivity index (χ1) is 13.4. The van der Waals surface area contributed by atoms with E-state index in [0.717, 1.165) is 24.1 Å². The van der Waals surface area contributed by atoms with Crippen LogP contribution in [0.5, 0.6) is 0 Å². The Morgan fingerprint density at radius 2 is 1.93 bits per heavy atom. The second-order valence-corrected chi connectivity index (χ2v) is 8.35. The van der Waals surface area contributed by atoms with Crippen LogP contribution < -0.4 is 4.90 Å². The minimum Gasteiger partial charge on any atom is -0.408 e. The van der Waals surface area contributed by atoms with Gasteiger partial charge in [-0.1, -0.05) is 31.1 Å². The minimum absolute atomic E-state index is 0.102. The predicted octanol–water partition coefficient (Wildman–Crippen LogP) is 4.22. The Morgan fingerprint density at radius 3 is 2.64 bits per heavy atom. The molecule has 2 aliphatic rings. The Bertz CT molecular complexity index is 1080. The maximum absolute atomic E-state index is 14.3. The molecule has 0 N–H and O–H groups in total. The standard InChI is InChI=1S/C21H22FN5O/c1-12-23-26-19(28-12)27(4)21-10-9-15(20(21,2)3)14-11-17(24-25-18(14)21)13-7-5-6-8-16(13)22/h5-8,11,15H,9-10H2,1-4H3/t15-,21-/m0/s1. The number of anilines is 1. The lowest BCUT2D eigenvalue weighted by Crippen LogP contribution is -2.50. The Hall–Kier alpha value is -2.83. The number of halogens is 1. The molecule has 6 nitrogen and oxygen atoms in total. The molecule has 28 heavy (non-hydrogen) atoms. The van der Waals surface area contributed by atoms with Crippen molar-refractivity contribution in [1.82, 2.24) is 20.4 Å². The molecule has 0 radical (unpaired) electrons. The second kappa shape index (κ2) is 5.59. The average Bonchev–Trinajstić information content (AvgIpc) is 3.28. The van der Waals surface area contributed by atoms with E-state index in [2.05, 4.69) is 39.1 Å². The van der Waals surface area contributed by atoms with E-state index < -0.39 is 0 Å². The molecular formula is C21H22FN5O. The van der Waals surface area contributed by atoms with Gasteiger partial charge >= 0.3 is 6.01 Å². The zero-order chi connectivity index (χ0) is 19.7. The molecular weight excluding hydrogens is 357 g/mol. The van der Waals surface area contributed by atoms with Gasteiger partial charge in [0.05, 0.1) is 16.9 Å². The molecule has 2 bridgehead atoms. The molecule has 5 rings (SSSR count). The number of fused-ring (bicyclic) bond motifs is 5. The van der Waals surface area contributed by atoms with Crippen LogP contribution >= 0.6 is 0 Å². The molecule has 2 aromatic heterocycles. The molecule has 0 spiro atoms. The van der Waals surface area contributed by atoms with Gasteiger partial charge in [0.1, 0.15) is 5.82 Å². The maximum atomic E-state index is 14.3. The van der Waals surface area contributed by atoms with Crippen molar-refractivity contribution < 1.29 is 8.81 Å². The van der Waals surface area contributed by atoms with Crippen molar-refractivity contribution in [1.29, 1.82) is 0 Å². The summed E-state index contributed by atoms with van der Waals surface area (Å²) in [5, 5.41) is 17.3. The number of hydrogen-bond donors (Lipinski definition) is 0. The largest absolute Gasteiger partial charge is 0.408 e. The highest BCUT2D eigenvalue weighted by Crippen LogP contribution is 2.68. The number of aromatic nitrogens is 4. The van der Waals surface area contributed by atoms with Crippen molar-refractivity contribution >= 4 is 6.01 Å². The summed E-state index contributed by atoms with van der Waals surface area (Å²) >= 11 is 0. The lowest BCUT2D eigenvalue weighted by atomic mass is 9.74. The fourth-order valence-corrected chi connectivity index (χ4v) is 5.43. The van der Waals surface area contributed by atoms with Crippen LogP contribution in [0.25, 0.3) is 11.3 Å². The molecule has 1 fully saturated rings. The van der Waals surface area contributed by atoms with E-state index in [4.69, 9.17) is 4.42 Å². The number of rotatable bonds is 3. The van der Waals surface area contributed by atoms with E-state index in [9.17, 15) is 4.39 Å². The fraction of sp³-hybridized carbons (Fsp3) is 0.429. The van der Waals surface area contributed by atoms with Crippen molar-refractivity contribution in [2.75, 3.05) is 11.9 Å². The second-order valence-electron chi connectivity index (χ2n) is 8.35. The van der Waals surface area contributed by atoms with Crippen LogP contribution in [0.1, 0.15) is 49.8 Å². The number of nitrogens with zero attached hydrogens (tertiary/aromatic N) is 5. The first-order valence-corrected chi connectivity index (χ1v) is 9.53. The highest BCUT2D eigenvalue weighted by atomic mass is 19.1. The van der Waals surface area contributed by atoms with Crippen molar-refractivity contribution in [2.24, 2.45) is 5.41 Å². The van der Waals surface area contributed by atoms with Gasteiger partial charge in [0.15, 0.2) is 0 Å². The summed E-state index contributed by atoms with van der Waals surface area (Å²) in [6, 6.07) is 9.19. The molecule has 144 valence electrons. The summed E-state index contributed by atoms with van der Waals surface area (Å²) in [5.74, 6) is 0.562. The molecule has 3 aromatic rings. The van der Waals surface area contributed by atoms with Crippen molar-refractivity contribution in [3.63, 3.8) is 0 Å². The highest BCUT2D eigenvalue weighted by molar-refractivity contribution is 5.63. The van der Waals surface area contributed by atoms with E-state index in [-0.39, 0.29) is 16.8 Å². The lowest BCUT2D eigenvalue weighted by molar-refractivity contribution is 0.195. The Balaban J connectivity index is 1.67. The van der Waals surface area contributed by atoms with Gasteiger partial charge in [-0.05, 0) is 42.5 Å². The smallest absolute Gasteiger partial charge is 0.318 e. The topological polar surface area (TPSA) is 67.9 Å². The number of benzene rings is 1. The third kappa shape index (κ3) is 2.02. The third-order valence-corrected chi connectivity index (χ3v) is 6.85. The Labute approximate surface area is 162 Å². The maximum Gasteiger partial charge on any atom is 0.318 e. The summed E-state index contributed by atoms with van der Waals surface area (Å²) in [6.45, 7) is 6.30. The summed E-state index contributed by atoms with van der Waals surface area (Å²) in [5.41, 5.74) is 2.65. The highest BCUT2D eigenvalue weighted by Gasteiger charge is 2.66. The zero-order valence-electron chi connectivity index (χ0n) is 16.4. The molecule has 0 saturated heterocycles. The quantitative estimate of drug-likeness (QED) is 0.679. The van der Waals surface area contributed by atoms with E-state index >= 15 is 0 Å². The van der Waals surface area contributed by atoms with Crippen molar-refractivity contribution in [3.05, 3.63) is 53.3 Å². The Kier molecular flexibility index (Phi) is 3.45. The SMILES string of the molecule is Cc1nnc(N(C)[C@@]23CC[C@@H](c4cc(-c5ccccc5F)nnc42)C3(C)C)o1. The first-order valence-electron chi connectivity index (χ1n) is 9.53. The molecule has 2 atom stereocenters. The van der Waals surface area contributed by atoms with Gasteiger partial charge < -0.3 is 9.32 Å². The van der Waals surface area contributed by atoms with Gasteiger partial charge in [-0.15, -0.1) is 5.10 Å². The van der Waals surface area contributed by atoms with E-state index in [1.807, 2.05) is 19.2 Å². The molecule has 0 unspecified atom stereocenters. The first kappa shape index (κ1) is 17.3.